The van der Waals surface area contributed by atoms with E-state index in [9.17, 15) is 19.8 Å². The van der Waals surface area contributed by atoms with E-state index in [-0.39, 0.29) is 0 Å². The van der Waals surface area contributed by atoms with Crippen LogP contribution in [-0.4, -0.2) is 27.0 Å². The highest BCUT2D eigenvalue weighted by Gasteiger charge is 2.61. The van der Waals surface area contributed by atoms with Crippen molar-refractivity contribution in [3.63, 3.8) is 0 Å². The molecule has 0 saturated carbocycles. The lowest BCUT2D eigenvalue weighted by Crippen LogP contribution is -2.56. The molecule has 2 N–H and O–H groups in total. The minimum atomic E-state index is -1.51. The molecular formula is C12H16Cl2O4. The van der Waals surface area contributed by atoms with Crippen LogP contribution in [0.1, 0.15) is 20.8 Å². The maximum Gasteiger partial charge on any atom is 0.313 e. The van der Waals surface area contributed by atoms with Crippen molar-refractivity contribution < 1.29 is 19.8 Å². The standard InChI is InChI=1S/C12H16Cl2O4/c1-6-4-5-11(3,9(15)16)7(2)12(6,8(13)14)10(17)18/h4-8H,1-3H3,(H,15,16)(H,17,18). The van der Waals surface area contributed by atoms with Gasteiger partial charge in [-0.05, 0) is 18.8 Å². The highest BCUT2D eigenvalue weighted by Crippen LogP contribution is 2.55. The highest BCUT2D eigenvalue weighted by molar-refractivity contribution is 6.46. The molecule has 102 valence electrons. The Balaban J connectivity index is 3.49. The molecule has 0 saturated heterocycles. The third-order valence-corrected chi connectivity index (χ3v) is 5.02. The number of alkyl halides is 2. The Hall–Kier alpha value is -0.740. The monoisotopic (exact) mass is 294 g/mol. The van der Waals surface area contributed by atoms with Crippen molar-refractivity contribution >= 4 is 35.1 Å². The first-order valence-electron chi connectivity index (χ1n) is 5.56. The fraction of sp³-hybridized carbons (Fsp3) is 0.667. The molecule has 0 aliphatic heterocycles. The highest BCUT2D eigenvalue weighted by atomic mass is 35.5. The molecule has 1 rings (SSSR count). The van der Waals surface area contributed by atoms with Gasteiger partial charge < -0.3 is 10.2 Å². The van der Waals surface area contributed by atoms with Crippen LogP contribution >= 0.6 is 23.2 Å². The first-order valence-corrected chi connectivity index (χ1v) is 6.43. The fourth-order valence-electron chi connectivity index (χ4n) is 2.66. The Kier molecular flexibility index (Phi) is 4.03. The Morgan fingerprint density at radius 3 is 2.06 bits per heavy atom. The van der Waals surface area contributed by atoms with E-state index in [0.29, 0.717) is 0 Å². The van der Waals surface area contributed by atoms with Crippen molar-refractivity contribution in [3.05, 3.63) is 12.2 Å². The maximum absolute atomic E-state index is 11.7. The van der Waals surface area contributed by atoms with Gasteiger partial charge in [0, 0.05) is 0 Å². The minimum absolute atomic E-state index is 0.447. The summed E-state index contributed by atoms with van der Waals surface area (Å²) in [5.74, 6) is -3.44. The zero-order valence-electron chi connectivity index (χ0n) is 10.4. The van der Waals surface area contributed by atoms with Crippen molar-refractivity contribution in [2.45, 2.75) is 25.6 Å². The zero-order valence-corrected chi connectivity index (χ0v) is 11.9. The summed E-state index contributed by atoms with van der Waals surface area (Å²) in [6.07, 6.45) is 3.10. The second kappa shape index (κ2) is 4.74. The Morgan fingerprint density at radius 1 is 1.22 bits per heavy atom. The van der Waals surface area contributed by atoms with E-state index in [2.05, 4.69) is 0 Å². The van der Waals surface area contributed by atoms with Gasteiger partial charge in [0.2, 0.25) is 0 Å². The quantitative estimate of drug-likeness (QED) is 0.620. The summed E-state index contributed by atoms with van der Waals surface area (Å²) in [5, 5.41) is 18.8. The molecule has 4 unspecified atom stereocenters. The molecule has 4 atom stereocenters. The molecule has 18 heavy (non-hydrogen) atoms. The number of carbonyl (C=O) groups is 2. The largest absolute Gasteiger partial charge is 0.481 e. The molecule has 0 spiro atoms. The normalized spacial score (nSPS) is 39.9. The van der Waals surface area contributed by atoms with E-state index in [1.54, 1.807) is 19.9 Å². The lowest BCUT2D eigenvalue weighted by molar-refractivity contribution is -0.164. The lowest BCUT2D eigenvalue weighted by Gasteiger charge is -2.48. The van der Waals surface area contributed by atoms with Gasteiger partial charge in [0.1, 0.15) is 10.3 Å². The molecule has 4 nitrogen and oxygen atoms in total. The van der Waals surface area contributed by atoms with Gasteiger partial charge in [-0.15, -0.1) is 23.2 Å². The number of hydrogen-bond acceptors (Lipinski definition) is 2. The van der Waals surface area contributed by atoms with E-state index in [4.69, 9.17) is 23.2 Å². The van der Waals surface area contributed by atoms with Crippen LogP contribution in [-0.2, 0) is 9.59 Å². The van der Waals surface area contributed by atoms with Gasteiger partial charge in [-0.1, -0.05) is 26.0 Å². The Bertz CT molecular complexity index is 407. The number of carboxylic acid groups (broad SMARTS) is 2. The van der Waals surface area contributed by atoms with E-state index in [1.165, 1.54) is 13.0 Å². The summed E-state index contributed by atoms with van der Waals surface area (Å²) < 4.78 is 0. The lowest BCUT2D eigenvalue weighted by atomic mass is 9.55. The summed E-state index contributed by atoms with van der Waals surface area (Å²) in [6.45, 7) is 4.73. The molecule has 0 bridgehead atoms. The van der Waals surface area contributed by atoms with E-state index in [0.717, 1.165) is 0 Å². The van der Waals surface area contributed by atoms with Crippen molar-refractivity contribution in [1.82, 2.24) is 0 Å². The Labute approximate surface area is 116 Å². The molecule has 0 amide bonds. The fourth-order valence-corrected chi connectivity index (χ4v) is 3.62. The van der Waals surface area contributed by atoms with Crippen LogP contribution in [0.2, 0.25) is 0 Å². The molecule has 0 aromatic rings. The van der Waals surface area contributed by atoms with Crippen LogP contribution in [0.25, 0.3) is 0 Å². The van der Waals surface area contributed by atoms with Crippen LogP contribution in [0.5, 0.6) is 0 Å². The third kappa shape index (κ3) is 1.82. The summed E-state index contributed by atoms with van der Waals surface area (Å²) in [5.41, 5.74) is -2.81. The van der Waals surface area contributed by atoms with Crippen LogP contribution < -0.4 is 0 Å². The van der Waals surface area contributed by atoms with Crippen LogP contribution in [0.4, 0.5) is 0 Å². The van der Waals surface area contributed by atoms with Crippen LogP contribution in [0.3, 0.4) is 0 Å². The number of hydrogen-bond donors (Lipinski definition) is 2. The molecule has 0 radical (unpaired) electrons. The second-order valence-corrected chi connectivity index (χ2v) is 6.09. The van der Waals surface area contributed by atoms with Gasteiger partial charge in [0.15, 0.2) is 0 Å². The van der Waals surface area contributed by atoms with Gasteiger partial charge in [-0.3, -0.25) is 9.59 Å². The molecule has 0 heterocycles. The molecule has 6 heteroatoms. The van der Waals surface area contributed by atoms with Crippen molar-refractivity contribution in [1.29, 1.82) is 0 Å². The van der Waals surface area contributed by atoms with Gasteiger partial charge >= 0.3 is 11.9 Å². The average Bonchev–Trinajstić information content (AvgIpc) is 2.23. The Morgan fingerprint density at radius 2 is 1.72 bits per heavy atom. The predicted molar refractivity (Wildman–Crippen MR) is 68.8 cm³/mol. The molecule has 1 aliphatic carbocycles. The summed E-state index contributed by atoms with van der Waals surface area (Å²) in [6, 6.07) is 0. The molecular weight excluding hydrogens is 279 g/mol. The van der Waals surface area contributed by atoms with Crippen molar-refractivity contribution in [2.24, 2.45) is 22.7 Å². The maximum atomic E-state index is 11.7. The summed E-state index contributed by atoms with van der Waals surface area (Å²) >= 11 is 11.8. The second-order valence-electron chi connectivity index (χ2n) is 5.00. The summed E-state index contributed by atoms with van der Waals surface area (Å²) in [4.78, 5) is 21.9. The number of allylic oxidation sites excluding steroid dienone is 1. The smallest absolute Gasteiger partial charge is 0.313 e. The number of halogens is 2. The zero-order chi connectivity index (χ0) is 14.3. The molecule has 1 aliphatic rings. The van der Waals surface area contributed by atoms with E-state index in [1.807, 2.05) is 0 Å². The number of rotatable bonds is 3. The number of carboxylic acids is 2. The van der Waals surface area contributed by atoms with Gasteiger partial charge in [-0.25, -0.2) is 0 Å². The molecule has 0 fully saturated rings. The number of aliphatic carboxylic acids is 2. The van der Waals surface area contributed by atoms with E-state index >= 15 is 0 Å². The average molecular weight is 295 g/mol. The van der Waals surface area contributed by atoms with Gasteiger partial charge in [-0.2, -0.15) is 0 Å². The molecule has 0 aromatic heterocycles. The first-order chi connectivity index (χ1) is 8.11. The minimum Gasteiger partial charge on any atom is -0.481 e. The van der Waals surface area contributed by atoms with E-state index < -0.39 is 39.4 Å². The van der Waals surface area contributed by atoms with Gasteiger partial charge in [0.05, 0.1) is 5.41 Å². The topological polar surface area (TPSA) is 74.6 Å². The van der Waals surface area contributed by atoms with Gasteiger partial charge in [0.25, 0.3) is 0 Å². The SMILES string of the molecule is CC1C=CC(C)(C(=O)O)C(C)C1(C(=O)O)C(Cl)Cl. The predicted octanol–water partition coefficient (Wildman–Crippen LogP) is 2.79. The molecule has 0 aromatic carbocycles. The van der Waals surface area contributed by atoms with Crippen molar-refractivity contribution in [2.75, 3.05) is 0 Å². The first kappa shape index (κ1) is 15.3. The van der Waals surface area contributed by atoms with Crippen LogP contribution in [0, 0.1) is 22.7 Å². The van der Waals surface area contributed by atoms with Crippen molar-refractivity contribution in [3.8, 4) is 0 Å². The van der Waals surface area contributed by atoms with Crippen LogP contribution in [0.15, 0.2) is 12.2 Å². The summed E-state index contributed by atoms with van der Waals surface area (Å²) in [7, 11) is 0. The third-order valence-electron chi connectivity index (χ3n) is 4.29.